The van der Waals surface area contributed by atoms with E-state index in [0.717, 1.165) is 6.42 Å². The molecule has 2 heteroatoms. The van der Waals surface area contributed by atoms with Gasteiger partial charge in [0.2, 0.25) is 0 Å². The first kappa shape index (κ1) is 10.7. The van der Waals surface area contributed by atoms with E-state index in [9.17, 15) is 5.11 Å². The highest BCUT2D eigenvalue weighted by atomic mass is 32.2. The van der Waals surface area contributed by atoms with Gasteiger partial charge in [-0.05, 0) is 61.8 Å². The summed E-state index contributed by atoms with van der Waals surface area (Å²) in [4.78, 5) is 1.35. The van der Waals surface area contributed by atoms with Crippen molar-refractivity contribution in [1.29, 1.82) is 0 Å². The van der Waals surface area contributed by atoms with E-state index in [0.29, 0.717) is 5.25 Å². The van der Waals surface area contributed by atoms with Gasteiger partial charge >= 0.3 is 0 Å². The quantitative estimate of drug-likeness (QED) is 0.848. The molecule has 0 spiro atoms. The summed E-state index contributed by atoms with van der Waals surface area (Å²) in [6.45, 7) is 0. The molecule has 0 saturated heterocycles. The Labute approximate surface area is 101 Å². The Balaban J connectivity index is 1.75. The molecule has 1 aromatic rings. The maximum atomic E-state index is 9.82. The first-order chi connectivity index (χ1) is 7.83. The average Bonchev–Trinajstić information content (AvgIpc) is 2.88. The highest BCUT2D eigenvalue weighted by Gasteiger charge is 2.26. The molecule has 1 fully saturated rings. The molecule has 16 heavy (non-hydrogen) atoms. The van der Waals surface area contributed by atoms with Crippen molar-refractivity contribution in [3.05, 3.63) is 29.3 Å². The van der Waals surface area contributed by atoms with E-state index in [-0.39, 0.29) is 6.10 Å². The van der Waals surface area contributed by atoms with Crippen LogP contribution in [0.4, 0.5) is 0 Å². The Morgan fingerprint density at radius 1 is 1.06 bits per heavy atom. The van der Waals surface area contributed by atoms with Crippen molar-refractivity contribution >= 4 is 11.8 Å². The van der Waals surface area contributed by atoms with Gasteiger partial charge in [-0.2, -0.15) is 0 Å². The second-order valence-corrected chi connectivity index (χ2v) is 6.25. The van der Waals surface area contributed by atoms with Gasteiger partial charge < -0.3 is 5.11 Å². The van der Waals surface area contributed by atoms with E-state index in [1.807, 2.05) is 11.8 Å². The van der Waals surface area contributed by atoms with Crippen LogP contribution in [0.15, 0.2) is 23.1 Å². The molecular weight excluding hydrogens is 216 g/mol. The van der Waals surface area contributed by atoms with Gasteiger partial charge in [0.15, 0.2) is 0 Å². The van der Waals surface area contributed by atoms with Crippen LogP contribution in [0.2, 0.25) is 0 Å². The first-order valence-corrected chi connectivity index (χ1v) is 7.17. The van der Waals surface area contributed by atoms with Crippen LogP contribution in [0, 0.1) is 0 Å². The summed E-state index contributed by atoms with van der Waals surface area (Å²) in [7, 11) is 0. The number of aliphatic hydroxyl groups excluding tert-OH is 1. The molecule has 1 aromatic carbocycles. The minimum Gasteiger partial charge on any atom is -0.392 e. The Hall–Kier alpha value is -0.470. The molecule has 0 aromatic heterocycles. The second-order valence-electron chi connectivity index (χ2n) is 4.94. The normalized spacial score (nSPS) is 28.3. The molecule has 2 unspecified atom stereocenters. The van der Waals surface area contributed by atoms with Crippen molar-refractivity contribution in [2.24, 2.45) is 0 Å². The van der Waals surface area contributed by atoms with Gasteiger partial charge in [0, 0.05) is 10.1 Å². The van der Waals surface area contributed by atoms with E-state index in [1.165, 1.54) is 48.1 Å². The molecule has 1 N–H and O–H groups in total. The zero-order chi connectivity index (χ0) is 11.0. The summed E-state index contributed by atoms with van der Waals surface area (Å²) >= 11 is 1.88. The van der Waals surface area contributed by atoms with E-state index in [1.54, 1.807) is 0 Å². The van der Waals surface area contributed by atoms with Crippen molar-refractivity contribution in [2.75, 3.05) is 0 Å². The minimum atomic E-state index is -0.0849. The lowest BCUT2D eigenvalue weighted by atomic mass is 10.1. The maximum Gasteiger partial charge on any atom is 0.0662 e. The molecule has 0 amide bonds. The monoisotopic (exact) mass is 234 g/mol. The topological polar surface area (TPSA) is 20.2 Å². The van der Waals surface area contributed by atoms with Gasteiger partial charge in [0.1, 0.15) is 0 Å². The van der Waals surface area contributed by atoms with Gasteiger partial charge in [-0.25, -0.2) is 0 Å². The second kappa shape index (κ2) is 4.42. The lowest BCUT2D eigenvalue weighted by Crippen LogP contribution is -2.14. The summed E-state index contributed by atoms with van der Waals surface area (Å²) < 4.78 is 0. The van der Waals surface area contributed by atoms with E-state index < -0.39 is 0 Å². The highest BCUT2D eigenvalue weighted by Crippen LogP contribution is 2.36. The molecule has 0 heterocycles. The predicted molar refractivity (Wildman–Crippen MR) is 68.0 cm³/mol. The summed E-state index contributed by atoms with van der Waals surface area (Å²) in [5, 5.41) is 10.3. The number of aryl methyl sites for hydroxylation is 2. The van der Waals surface area contributed by atoms with Crippen molar-refractivity contribution in [1.82, 2.24) is 0 Å². The molecule has 0 bridgehead atoms. The van der Waals surface area contributed by atoms with Crippen molar-refractivity contribution in [2.45, 2.75) is 54.8 Å². The fraction of sp³-hybridized carbons (Fsp3) is 0.571. The van der Waals surface area contributed by atoms with Gasteiger partial charge in [-0.15, -0.1) is 11.8 Å². The minimum absolute atomic E-state index is 0.0849. The zero-order valence-electron chi connectivity index (χ0n) is 9.48. The third kappa shape index (κ3) is 2.01. The van der Waals surface area contributed by atoms with Crippen LogP contribution in [-0.2, 0) is 12.8 Å². The Kier molecular flexibility index (Phi) is 2.95. The molecule has 86 valence electrons. The van der Waals surface area contributed by atoms with Crippen LogP contribution in [0.1, 0.15) is 36.8 Å². The number of benzene rings is 1. The lowest BCUT2D eigenvalue weighted by Gasteiger charge is -2.14. The van der Waals surface area contributed by atoms with Crippen LogP contribution >= 0.6 is 11.8 Å². The fourth-order valence-corrected chi connectivity index (χ4v) is 4.12. The Bertz CT molecular complexity index is 388. The Morgan fingerprint density at radius 3 is 2.75 bits per heavy atom. The maximum absolute atomic E-state index is 9.82. The predicted octanol–water partition coefficient (Wildman–Crippen LogP) is 3.18. The largest absolute Gasteiger partial charge is 0.392 e. The molecule has 3 rings (SSSR count). The number of fused-ring (bicyclic) bond motifs is 1. The van der Waals surface area contributed by atoms with Gasteiger partial charge in [0.05, 0.1) is 6.10 Å². The number of hydrogen-bond acceptors (Lipinski definition) is 2. The number of hydrogen-bond donors (Lipinski definition) is 1. The van der Waals surface area contributed by atoms with Crippen molar-refractivity contribution in [3.63, 3.8) is 0 Å². The summed E-state index contributed by atoms with van der Waals surface area (Å²) in [5.74, 6) is 0. The molecular formula is C14H18OS. The van der Waals surface area contributed by atoms with Crippen LogP contribution in [0.3, 0.4) is 0 Å². The first-order valence-electron chi connectivity index (χ1n) is 6.29. The number of thioether (sulfide) groups is 1. The van der Waals surface area contributed by atoms with Gasteiger partial charge in [0.25, 0.3) is 0 Å². The Morgan fingerprint density at radius 2 is 1.94 bits per heavy atom. The van der Waals surface area contributed by atoms with Crippen LogP contribution in [0.5, 0.6) is 0 Å². The van der Waals surface area contributed by atoms with E-state index >= 15 is 0 Å². The number of rotatable bonds is 2. The molecule has 2 atom stereocenters. The summed E-state index contributed by atoms with van der Waals surface area (Å²) in [5.41, 5.74) is 3.08. The zero-order valence-corrected chi connectivity index (χ0v) is 10.3. The molecule has 2 aliphatic carbocycles. The smallest absolute Gasteiger partial charge is 0.0662 e. The average molecular weight is 234 g/mol. The number of aliphatic hydroxyl groups is 1. The highest BCUT2D eigenvalue weighted by molar-refractivity contribution is 8.00. The lowest BCUT2D eigenvalue weighted by molar-refractivity contribution is 0.188. The molecule has 0 aliphatic heterocycles. The summed E-state index contributed by atoms with van der Waals surface area (Å²) in [6.07, 6.45) is 7.08. The van der Waals surface area contributed by atoms with Crippen LogP contribution < -0.4 is 0 Å². The molecule has 1 saturated carbocycles. The van der Waals surface area contributed by atoms with Crippen molar-refractivity contribution in [3.8, 4) is 0 Å². The molecule has 1 nitrogen and oxygen atoms in total. The van der Waals surface area contributed by atoms with Crippen LogP contribution in [0.25, 0.3) is 0 Å². The van der Waals surface area contributed by atoms with Crippen molar-refractivity contribution < 1.29 is 5.11 Å². The standard InChI is InChI=1S/C14H18OS/c15-13-5-2-6-14(13)16-12-8-7-10-3-1-4-11(10)9-12/h7-9,13-15H,1-6H2. The fourth-order valence-electron chi connectivity index (χ4n) is 2.84. The van der Waals surface area contributed by atoms with Gasteiger partial charge in [-0.3, -0.25) is 0 Å². The SMILES string of the molecule is OC1CCCC1Sc1ccc2c(c1)CCC2. The third-order valence-electron chi connectivity index (χ3n) is 3.78. The van der Waals surface area contributed by atoms with Crippen LogP contribution in [-0.4, -0.2) is 16.5 Å². The van der Waals surface area contributed by atoms with E-state index in [2.05, 4.69) is 18.2 Å². The molecule has 2 aliphatic rings. The molecule has 0 radical (unpaired) electrons. The van der Waals surface area contributed by atoms with E-state index in [4.69, 9.17) is 0 Å². The van der Waals surface area contributed by atoms with Gasteiger partial charge in [-0.1, -0.05) is 6.07 Å². The summed E-state index contributed by atoms with van der Waals surface area (Å²) in [6, 6.07) is 6.86. The third-order valence-corrected chi connectivity index (χ3v) is 5.15.